The minimum Gasteiger partial charge on any atom is -0.399 e. The summed E-state index contributed by atoms with van der Waals surface area (Å²) in [5, 5.41) is 6.03. The van der Waals surface area contributed by atoms with Crippen LogP contribution in [0.5, 0.6) is 0 Å². The maximum Gasteiger partial charge on any atom is 0.244 e. The predicted octanol–water partition coefficient (Wildman–Crippen LogP) is 1.83. The molecule has 0 saturated heterocycles. The third-order valence-corrected chi connectivity index (χ3v) is 3.49. The number of amides is 1. The van der Waals surface area contributed by atoms with Crippen LogP contribution in [0.3, 0.4) is 0 Å². The van der Waals surface area contributed by atoms with Gasteiger partial charge in [0.15, 0.2) is 0 Å². The quantitative estimate of drug-likeness (QED) is 0.570. The lowest BCUT2D eigenvalue weighted by Gasteiger charge is -2.08. The van der Waals surface area contributed by atoms with Crippen molar-refractivity contribution < 1.29 is 4.79 Å². The molecule has 0 bridgehead atoms. The van der Waals surface area contributed by atoms with E-state index in [9.17, 15) is 4.79 Å². The van der Waals surface area contributed by atoms with Crippen LogP contribution in [0.1, 0.15) is 11.1 Å². The Kier molecular flexibility index (Phi) is 4.95. The number of allylic oxidation sites excluding steroid dienone is 2. The number of benzene rings is 1. The zero-order valence-electron chi connectivity index (χ0n) is 12.4. The summed E-state index contributed by atoms with van der Waals surface area (Å²) in [5.74, 6) is -0.105. The number of rotatable bonds is 5. The van der Waals surface area contributed by atoms with E-state index in [1.807, 2.05) is 50.4 Å². The molecule has 2 rings (SSSR count). The molecule has 4 N–H and O–H groups in total. The number of carbonyl (C=O) groups is 1. The highest BCUT2D eigenvalue weighted by Crippen LogP contribution is 2.13. The molecule has 4 heteroatoms. The predicted molar refractivity (Wildman–Crippen MR) is 86.6 cm³/mol. The van der Waals surface area contributed by atoms with E-state index < -0.39 is 0 Å². The minimum absolute atomic E-state index is 0.105. The third-order valence-electron chi connectivity index (χ3n) is 3.49. The highest BCUT2D eigenvalue weighted by atomic mass is 16.1. The molecule has 0 aromatic heterocycles. The van der Waals surface area contributed by atoms with Crippen molar-refractivity contribution in [2.45, 2.75) is 19.5 Å². The standard InChI is InChI=1S/C17H21N3O/c1-12-10-13(6-8-15(12)18)11-20-17(21)9-7-14-4-3-5-16(14)19-2/h3-10,16,19H,11,18H2,1-2H3,(H,20,21)/b9-7+. The smallest absolute Gasteiger partial charge is 0.244 e. The highest BCUT2D eigenvalue weighted by molar-refractivity contribution is 5.88. The van der Waals surface area contributed by atoms with Gasteiger partial charge >= 0.3 is 0 Å². The number of nitrogen functional groups attached to an aromatic ring is 1. The Balaban J connectivity index is 1.86. The highest BCUT2D eigenvalue weighted by Gasteiger charge is 2.09. The van der Waals surface area contributed by atoms with Crippen LogP contribution in [-0.4, -0.2) is 19.0 Å². The lowest BCUT2D eigenvalue weighted by molar-refractivity contribution is -0.116. The second-order valence-corrected chi connectivity index (χ2v) is 5.06. The van der Waals surface area contributed by atoms with E-state index in [1.54, 1.807) is 6.08 Å². The Morgan fingerprint density at radius 2 is 2.24 bits per heavy atom. The number of nitrogens with two attached hydrogens (primary N) is 1. The average molecular weight is 283 g/mol. The van der Waals surface area contributed by atoms with E-state index in [1.165, 1.54) is 0 Å². The van der Waals surface area contributed by atoms with Gasteiger partial charge in [-0.15, -0.1) is 0 Å². The molecule has 21 heavy (non-hydrogen) atoms. The summed E-state index contributed by atoms with van der Waals surface area (Å²) in [6.45, 7) is 2.45. The number of carbonyl (C=O) groups excluding carboxylic acids is 1. The molecule has 1 aliphatic carbocycles. The molecule has 0 fully saturated rings. The zero-order chi connectivity index (χ0) is 15.2. The van der Waals surface area contributed by atoms with E-state index in [2.05, 4.69) is 16.7 Å². The van der Waals surface area contributed by atoms with Gasteiger partial charge in [-0.25, -0.2) is 0 Å². The molecule has 1 aliphatic rings. The molecular formula is C17H21N3O. The van der Waals surface area contributed by atoms with Crippen molar-refractivity contribution in [1.29, 1.82) is 0 Å². The van der Waals surface area contributed by atoms with Gasteiger partial charge in [-0.1, -0.05) is 36.4 Å². The fourth-order valence-electron chi connectivity index (χ4n) is 2.18. The summed E-state index contributed by atoms with van der Waals surface area (Å²) in [5.41, 5.74) is 9.68. The van der Waals surface area contributed by atoms with E-state index >= 15 is 0 Å². The first-order valence-electron chi connectivity index (χ1n) is 6.96. The summed E-state index contributed by atoms with van der Waals surface area (Å²) in [4.78, 5) is 11.8. The Hall–Kier alpha value is -2.33. The van der Waals surface area contributed by atoms with Crippen molar-refractivity contribution in [1.82, 2.24) is 10.6 Å². The van der Waals surface area contributed by atoms with Crippen LogP contribution in [0, 0.1) is 6.92 Å². The normalized spacial score (nSPS) is 17.2. The summed E-state index contributed by atoms with van der Waals surface area (Å²) in [7, 11) is 1.89. The largest absolute Gasteiger partial charge is 0.399 e. The molecule has 1 aromatic rings. The van der Waals surface area contributed by atoms with E-state index in [4.69, 9.17) is 5.73 Å². The maximum atomic E-state index is 11.8. The second-order valence-electron chi connectivity index (χ2n) is 5.06. The summed E-state index contributed by atoms with van der Waals surface area (Å²) < 4.78 is 0. The van der Waals surface area contributed by atoms with Gasteiger partial charge in [-0.2, -0.15) is 0 Å². The maximum absolute atomic E-state index is 11.8. The monoisotopic (exact) mass is 283 g/mol. The lowest BCUT2D eigenvalue weighted by atomic mass is 10.1. The first-order chi connectivity index (χ1) is 10.1. The Bertz CT molecular complexity index is 614. The van der Waals surface area contributed by atoms with Crippen LogP contribution in [0.15, 0.2) is 54.2 Å². The van der Waals surface area contributed by atoms with Gasteiger partial charge in [0.1, 0.15) is 0 Å². The lowest BCUT2D eigenvalue weighted by Crippen LogP contribution is -2.23. The van der Waals surface area contributed by atoms with Crippen molar-refractivity contribution in [2.24, 2.45) is 0 Å². The van der Waals surface area contributed by atoms with Gasteiger partial charge in [-0.05, 0) is 36.7 Å². The molecule has 4 nitrogen and oxygen atoms in total. The number of nitrogens with one attached hydrogen (secondary N) is 2. The van der Waals surface area contributed by atoms with Gasteiger partial charge in [0.2, 0.25) is 5.91 Å². The second kappa shape index (κ2) is 6.90. The number of hydrogen-bond acceptors (Lipinski definition) is 3. The molecule has 0 heterocycles. The van der Waals surface area contributed by atoms with Crippen molar-refractivity contribution in [3.63, 3.8) is 0 Å². The molecular weight excluding hydrogens is 262 g/mol. The molecule has 110 valence electrons. The molecule has 1 amide bonds. The first kappa shape index (κ1) is 15.1. The molecule has 1 aromatic carbocycles. The number of anilines is 1. The fraction of sp³-hybridized carbons (Fsp3) is 0.235. The van der Waals surface area contributed by atoms with E-state index in [-0.39, 0.29) is 11.9 Å². The van der Waals surface area contributed by atoms with Crippen LogP contribution >= 0.6 is 0 Å². The zero-order valence-corrected chi connectivity index (χ0v) is 12.4. The fourth-order valence-corrected chi connectivity index (χ4v) is 2.18. The number of hydrogen-bond donors (Lipinski definition) is 3. The van der Waals surface area contributed by atoms with Gasteiger partial charge < -0.3 is 16.4 Å². The van der Waals surface area contributed by atoms with Crippen LogP contribution in [-0.2, 0) is 11.3 Å². The van der Waals surface area contributed by atoms with Gasteiger partial charge in [0.05, 0.1) is 6.04 Å². The topological polar surface area (TPSA) is 67.2 Å². The van der Waals surface area contributed by atoms with Crippen molar-refractivity contribution in [3.05, 3.63) is 65.3 Å². The van der Waals surface area contributed by atoms with Gasteiger partial charge in [0, 0.05) is 18.3 Å². The molecule has 0 saturated carbocycles. The molecule has 1 unspecified atom stereocenters. The molecule has 0 radical (unpaired) electrons. The minimum atomic E-state index is -0.105. The van der Waals surface area contributed by atoms with Crippen LogP contribution in [0.2, 0.25) is 0 Å². The van der Waals surface area contributed by atoms with E-state index in [0.29, 0.717) is 6.54 Å². The van der Waals surface area contributed by atoms with Crippen LogP contribution < -0.4 is 16.4 Å². The van der Waals surface area contributed by atoms with Crippen LogP contribution in [0.4, 0.5) is 5.69 Å². The number of aryl methyl sites for hydroxylation is 1. The average Bonchev–Trinajstić information content (AvgIpc) is 2.94. The van der Waals surface area contributed by atoms with Crippen LogP contribution in [0.25, 0.3) is 0 Å². The Morgan fingerprint density at radius 3 is 2.95 bits per heavy atom. The molecule has 1 atom stereocenters. The van der Waals surface area contributed by atoms with Gasteiger partial charge in [0.25, 0.3) is 0 Å². The van der Waals surface area contributed by atoms with Crippen molar-refractivity contribution in [3.8, 4) is 0 Å². The van der Waals surface area contributed by atoms with Crippen molar-refractivity contribution in [2.75, 3.05) is 12.8 Å². The summed E-state index contributed by atoms with van der Waals surface area (Å²) in [6, 6.07) is 5.96. The summed E-state index contributed by atoms with van der Waals surface area (Å²) >= 11 is 0. The number of likely N-dealkylation sites (N-methyl/N-ethyl adjacent to an activating group) is 1. The first-order valence-corrected chi connectivity index (χ1v) is 6.96. The third kappa shape index (κ3) is 4.07. The SMILES string of the molecule is CNC1C=CC=C1/C=C/C(=O)NCc1ccc(N)c(C)c1. The molecule has 0 aliphatic heterocycles. The molecule has 0 spiro atoms. The summed E-state index contributed by atoms with van der Waals surface area (Å²) in [6.07, 6.45) is 9.43. The van der Waals surface area contributed by atoms with Gasteiger partial charge in [-0.3, -0.25) is 4.79 Å². The van der Waals surface area contributed by atoms with E-state index in [0.717, 1.165) is 22.4 Å². The Morgan fingerprint density at radius 1 is 1.43 bits per heavy atom. The Labute approximate surface area is 125 Å². The van der Waals surface area contributed by atoms with Crippen molar-refractivity contribution >= 4 is 11.6 Å².